The first-order valence-electron chi connectivity index (χ1n) is 10.5. The lowest BCUT2D eigenvalue weighted by atomic mass is 10.1. The highest BCUT2D eigenvalue weighted by Crippen LogP contribution is 2.26. The molecule has 1 unspecified atom stereocenters. The van der Waals surface area contributed by atoms with Crippen molar-refractivity contribution in [2.75, 3.05) is 19.7 Å². The summed E-state index contributed by atoms with van der Waals surface area (Å²) in [7, 11) is -3.48. The SMILES string of the molecule is CCN(CC)S(=O)(=O)c1ccc(C(C)NC(=O)COc2ccc3c(c2)CCC3)cc1. The molecule has 30 heavy (non-hydrogen) atoms. The topological polar surface area (TPSA) is 75.7 Å². The van der Waals surface area contributed by atoms with E-state index in [-0.39, 0.29) is 23.5 Å². The highest BCUT2D eigenvalue weighted by Gasteiger charge is 2.21. The van der Waals surface area contributed by atoms with Crippen LogP contribution in [0.15, 0.2) is 47.4 Å². The van der Waals surface area contributed by atoms with Crippen molar-refractivity contribution < 1.29 is 17.9 Å². The summed E-state index contributed by atoms with van der Waals surface area (Å²) < 4.78 is 32.2. The molecule has 0 heterocycles. The van der Waals surface area contributed by atoms with Gasteiger partial charge in [0.15, 0.2) is 6.61 Å². The minimum absolute atomic E-state index is 0.0580. The smallest absolute Gasteiger partial charge is 0.258 e. The minimum Gasteiger partial charge on any atom is -0.484 e. The zero-order valence-corrected chi connectivity index (χ0v) is 18.7. The fourth-order valence-electron chi connectivity index (χ4n) is 3.79. The fourth-order valence-corrected chi connectivity index (χ4v) is 5.25. The number of benzene rings is 2. The van der Waals surface area contributed by atoms with E-state index in [1.165, 1.54) is 21.9 Å². The van der Waals surface area contributed by atoms with E-state index >= 15 is 0 Å². The van der Waals surface area contributed by atoms with Crippen LogP contribution in [0.25, 0.3) is 0 Å². The molecule has 2 aromatic rings. The van der Waals surface area contributed by atoms with Gasteiger partial charge < -0.3 is 10.1 Å². The number of carbonyl (C=O) groups is 1. The van der Waals surface area contributed by atoms with Gasteiger partial charge in [-0.1, -0.05) is 32.0 Å². The molecule has 1 atom stereocenters. The van der Waals surface area contributed by atoms with Gasteiger partial charge in [-0.15, -0.1) is 0 Å². The van der Waals surface area contributed by atoms with Crippen molar-refractivity contribution in [3.8, 4) is 5.75 Å². The number of rotatable bonds is 9. The summed E-state index contributed by atoms with van der Waals surface area (Å²) in [4.78, 5) is 12.5. The lowest BCUT2D eigenvalue weighted by Gasteiger charge is -2.19. The van der Waals surface area contributed by atoms with Gasteiger partial charge in [-0.3, -0.25) is 4.79 Å². The number of nitrogens with one attached hydrogen (secondary N) is 1. The fraction of sp³-hybridized carbons (Fsp3) is 0.435. The normalized spacial score (nSPS) is 14.4. The van der Waals surface area contributed by atoms with Crippen molar-refractivity contribution in [2.24, 2.45) is 0 Å². The van der Waals surface area contributed by atoms with Crippen molar-refractivity contribution in [3.63, 3.8) is 0 Å². The number of sulfonamides is 1. The maximum atomic E-state index is 12.6. The number of carbonyl (C=O) groups excluding carboxylic acids is 1. The Balaban J connectivity index is 1.56. The van der Waals surface area contributed by atoms with Crippen molar-refractivity contribution in [3.05, 3.63) is 59.2 Å². The molecule has 1 aliphatic carbocycles. The van der Waals surface area contributed by atoms with E-state index in [2.05, 4.69) is 11.4 Å². The van der Waals surface area contributed by atoms with Gasteiger partial charge >= 0.3 is 0 Å². The van der Waals surface area contributed by atoms with Crippen molar-refractivity contribution in [1.29, 1.82) is 0 Å². The lowest BCUT2D eigenvalue weighted by molar-refractivity contribution is -0.123. The second-order valence-electron chi connectivity index (χ2n) is 7.52. The maximum Gasteiger partial charge on any atom is 0.258 e. The Labute approximate surface area is 179 Å². The van der Waals surface area contributed by atoms with Crippen LogP contribution >= 0.6 is 0 Å². The third kappa shape index (κ3) is 5.02. The Morgan fingerprint density at radius 3 is 2.40 bits per heavy atom. The zero-order chi connectivity index (χ0) is 21.7. The average Bonchev–Trinajstić information content (AvgIpc) is 3.21. The number of ether oxygens (including phenoxy) is 1. The molecule has 0 spiro atoms. The molecule has 0 aliphatic heterocycles. The molecule has 0 radical (unpaired) electrons. The average molecular weight is 431 g/mol. The third-order valence-electron chi connectivity index (χ3n) is 5.54. The Morgan fingerprint density at radius 2 is 1.73 bits per heavy atom. The van der Waals surface area contributed by atoms with Gasteiger partial charge in [-0.25, -0.2) is 8.42 Å². The molecule has 0 saturated heterocycles. The molecule has 2 aromatic carbocycles. The quantitative estimate of drug-likeness (QED) is 0.661. The van der Waals surface area contributed by atoms with E-state index in [1.807, 2.05) is 32.9 Å². The zero-order valence-electron chi connectivity index (χ0n) is 17.8. The monoisotopic (exact) mass is 430 g/mol. The molecule has 0 fully saturated rings. The Kier molecular flexibility index (Phi) is 7.15. The number of aryl methyl sites for hydroxylation is 2. The van der Waals surface area contributed by atoms with Gasteiger partial charge in [0.25, 0.3) is 5.91 Å². The van der Waals surface area contributed by atoms with E-state index in [4.69, 9.17) is 4.74 Å². The molecule has 0 bridgehead atoms. The first kappa shape index (κ1) is 22.3. The predicted octanol–water partition coefficient (Wildman–Crippen LogP) is 3.46. The van der Waals surface area contributed by atoms with Gasteiger partial charge in [0.05, 0.1) is 10.9 Å². The van der Waals surface area contributed by atoms with E-state index in [0.717, 1.165) is 18.4 Å². The lowest BCUT2D eigenvalue weighted by Crippen LogP contribution is -2.31. The summed E-state index contributed by atoms with van der Waals surface area (Å²) in [6, 6.07) is 12.4. The summed E-state index contributed by atoms with van der Waals surface area (Å²) in [5.41, 5.74) is 3.51. The molecule has 7 heteroatoms. The molecule has 1 N–H and O–H groups in total. The van der Waals surface area contributed by atoms with Crippen LogP contribution in [0.3, 0.4) is 0 Å². The minimum atomic E-state index is -3.48. The summed E-state index contributed by atoms with van der Waals surface area (Å²) in [5, 5.41) is 2.90. The van der Waals surface area contributed by atoms with E-state index in [9.17, 15) is 13.2 Å². The van der Waals surface area contributed by atoms with Crippen LogP contribution in [0.2, 0.25) is 0 Å². The Hall–Kier alpha value is -2.38. The molecule has 0 saturated carbocycles. The van der Waals surface area contributed by atoms with E-state index < -0.39 is 10.0 Å². The number of hydrogen-bond donors (Lipinski definition) is 1. The second kappa shape index (κ2) is 9.62. The van der Waals surface area contributed by atoms with Crippen LogP contribution in [0.5, 0.6) is 5.75 Å². The van der Waals surface area contributed by atoms with Crippen molar-refractivity contribution in [1.82, 2.24) is 9.62 Å². The van der Waals surface area contributed by atoms with Gasteiger partial charge in [0.2, 0.25) is 10.0 Å². The summed E-state index contributed by atoms with van der Waals surface area (Å²) in [6.45, 7) is 6.29. The largest absolute Gasteiger partial charge is 0.484 e. The highest BCUT2D eigenvalue weighted by molar-refractivity contribution is 7.89. The first-order valence-corrected chi connectivity index (χ1v) is 11.9. The van der Waals surface area contributed by atoms with E-state index in [0.29, 0.717) is 18.8 Å². The molecule has 0 aromatic heterocycles. The summed E-state index contributed by atoms with van der Waals surface area (Å²) in [6.07, 6.45) is 3.35. The molecule has 6 nitrogen and oxygen atoms in total. The second-order valence-corrected chi connectivity index (χ2v) is 9.46. The molecule has 1 aliphatic rings. The van der Waals surface area contributed by atoms with Crippen LogP contribution < -0.4 is 10.1 Å². The van der Waals surface area contributed by atoms with Gasteiger partial charge in [-0.05, 0) is 67.1 Å². The highest BCUT2D eigenvalue weighted by atomic mass is 32.2. The standard InChI is InChI=1S/C23H30N2O4S/c1-4-25(5-2)30(27,28)22-13-10-18(11-14-22)17(3)24-23(26)16-29-21-12-9-19-7-6-8-20(19)15-21/h9-15,17H,4-8,16H2,1-3H3,(H,24,26). The number of fused-ring (bicyclic) bond motifs is 1. The summed E-state index contributed by atoms with van der Waals surface area (Å²) in [5.74, 6) is 0.493. The van der Waals surface area contributed by atoms with Gasteiger partial charge in [0, 0.05) is 13.1 Å². The molecule has 3 rings (SSSR count). The van der Waals surface area contributed by atoms with Crippen LogP contribution in [0, 0.1) is 0 Å². The number of hydrogen-bond acceptors (Lipinski definition) is 4. The van der Waals surface area contributed by atoms with Gasteiger partial charge in [-0.2, -0.15) is 4.31 Å². The Morgan fingerprint density at radius 1 is 1.07 bits per heavy atom. The molecular weight excluding hydrogens is 400 g/mol. The molecule has 162 valence electrons. The van der Waals surface area contributed by atoms with Crippen molar-refractivity contribution >= 4 is 15.9 Å². The van der Waals surface area contributed by atoms with Gasteiger partial charge in [0.1, 0.15) is 5.75 Å². The first-order chi connectivity index (χ1) is 14.3. The third-order valence-corrected chi connectivity index (χ3v) is 7.60. The Bertz CT molecular complexity index is 983. The predicted molar refractivity (Wildman–Crippen MR) is 117 cm³/mol. The summed E-state index contributed by atoms with van der Waals surface area (Å²) >= 11 is 0. The number of amides is 1. The van der Waals surface area contributed by atoms with Crippen LogP contribution in [0.1, 0.15) is 49.9 Å². The van der Waals surface area contributed by atoms with Crippen LogP contribution in [0.4, 0.5) is 0 Å². The van der Waals surface area contributed by atoms with Crippen LogP contribution in [-0.2, 0) is 27.7 Å². The molecule has 1 amide bonds. The number of nitrogens with zero attached hydrogens (tertiary/aromatic N) is 1. The van der Waals surface area contributed by atoms with Crippen LogP contribution in [-0.4, -0.2) is 38.3 Å². The molecular formula is C23H30N2O4S. The maximum absolute atomic E-state index is 12.6. The van der Waals surface area contributed by atoms with Crippen molar-refractivity contribution in [2.45, 2.75) is 51.0 Å². The van der Waals surface area contributed by atoms with E-state index in [1.54, 1.807) is 24.3 Å².